The zero-order chi connectivity index (χ0) is 17.8. The molecule has 1 aromatic heterocycles. The minimum Gasteiger partial charge on any atom is -0.454 e. The Morgan fingerprint density at radius 2 is 2.04 bits per heavy atom. The predicted octanol–water partition coefficient (Wildman–Crippen LogP) is 3.53. The molecule has 1 N–H and O–H groups in total. The van der Waals surface area contributed by atoms with Gasteiger partial charge in [-0.3, -0.25) is 4.79 Å². The molecule has 6 nitrogen and oxygen atoms in total. The van der Waals surface area contributed by atoms with Crippen LogP contribution in [0.1, 0.15) is 33.5 Å². The summed E-state index contributed by atoms with van der Waals surface area (Å²) in [5.74, 6) is 0.332. The van der Waals surface area contributed by atoms with E-state index in [9.17, 15) is 9.59 Å². The van der Waals surface area contributed by atoms with Gasteiger partial charge in [-0.1, -0.05) is 13.3 Å². The van der Waals surface area contributed by atoms with E-state index in [1.807, 2.05) is 13.0 Å². The van der Waals surface area contributed by atoms with Crippen LogP contribution >= 0.6 is 11.3 Å². The molecule has 7 heteroatoms. The number of rotatable bonds is 6. The number of amides is 1. The second-order valence-corrected chi connectivity index (χ2v) is 6.89. The van der Waals surface area contributed by atoms with Crippen molar-refractivity contribution < 1.29 is 23.8 Å². The summed E-state index contributed by atoms with van der Waals surface area (Å²) in [5.41, 5.74) is 1.71. The molecule has 0 spiro atoms. The molecule has 0 radical (unpaired) electrons. The first kappa shape index (κ1) is 17.3. The molecule has 0 saturated carbocycles. The lowest BCUT2D eigenvalue weighted by molar-refractivity contribution is -0.119. The fourth-order valence-electron chi connectivity index (χ4n) is 2.51. The molecule has 0 aliphatic carbocycles. The highest BCUT2D eigenvalue weighted by Gasteiger charge is 2.17. The van der Waals surface area contributed by atoms with Gasteiger partial charge in [0.15, 0.2) is 18.1 Å². The van der Waals surface area contributed by atoms with E-state index in [-0.39, 0.29) is 13.4 Å². The Hall–Kier alpha value is -2.54. The van der Waals surface area contributed by atoms with Gasteiger partial charge in [0.25, 0.3) is 5.91 Å². The Bertz CT molecular complexity index is 799. The number of carbonyl (C=O) groups excluding carboxylic acids is 2. The molecule has 3 rings (SSSR count). The summed E-state index contributed by atoms with van der Waals surface area (Å²) in [5, 5.41) is 2.67. The zero-order valence-corrected chi connectivity index (χ0v) is 14.9. The molecule has 1 amide bonds. The topological polar surface area (TPSA) is 73.9 Å². The van der Waals surface area contributed by atoms with Crippen LogP contribution in [0.2, 0.25) is 0 Å². The Labute approximate surface area is 149 Å². The molecular weight excluding hydrogens is 342 g/mol. The van der Waals surface area contributed by atoms with Crippen LogP contribution in [0.25, 0.3) is 0 Å². The average molecular weight is 361 g/mol. The van der Waals surface area contributed by atoms with Crippen molar-refractivity contribution in [3.8, 4) is 11.5 Å². The molecular formula is C18H19NO5S. The second-order valence-electron chi connectivity index (χ2n) is 5.63. The fourth-order valence-corrected chi connectivity index (χ4v) is 3.48. The standard InChI is InChI=1S/C18H19NO5S/c1-3-4-12-7-16(25-11(12)2)18(21)22-9-17(20)19-13-5-6-14-15(8-13)24-10-23-14/h5-8H,3-4,9-10H2,1-2H3,(H,19,20). The number of carbonyl (C=O) groups is 2. The number of anilines is 1. The van der Waals surface area contributed by atoms with E-state index in [0.29, 0.717) is 22.1 Å². The van der Waals surface area contributed by atoms with Crippen molar-refractivity contribution in [2.24, 2.45) is 0 Å². The normalized spacial score (nSPS) is 12.1. The van der Waals surface area contributed by atoms with Gasteiger partial charge in [0.2, 0.25) is 6.79 Å². The predicted molar refractivity (Wildman–Crippen MR) is 94.5 cm³/mol. The molecule has 0 unspecified atom stereocenters. The van der Waals surface area contributed by atoms with E-state index in [1.54, 1.807) is 18.2 Å². The van der Waals surface area contributed by atoms with Gasteiger partial charge in [-0.05, 0) is 37.1 Å². The van der Waals surface area contributed by atoms with Crippen molar-refractivity contribution in [3.05, 3.63) is 39.6 Å². The molecule has 2 aromatic rings. The van der Waals surface area contributed by atoms with Gasteiger partial charge in [0, 0.05) is 16.6 Å². The van der Waals surface area contributed by atoms with Crippen molar-refractivity contribution in [2.75, 3.05) is 18.7 Å². The minimum absolute atomic E-state index is 0.171. The Morgan fingerprint density at radius 1 is 1.24 bits per heavy atom. The summed E-state index contributed by atoms with van der Waals surface area (Å²) in [7, 11) is 0. The summed E-state index contributed by atoms with van der Waals surface area (Å²) >= 11 is 1.39. The SMILES string of the molecule is CCCc1cc(C(=O)OCC(=O)Nc2ccc3c(c2)OCO3)sc1C. The number of thiophene rings is 1. The number of hydrogen-bond donors (Lipinski definition) is 1. The number of nitrogens with one attached hydrogen (secondary N) is 1. The molecule has 0 bridgehead atoms. The molecule has 1 aliphatic rings. The monoisotopic (exact) mass is 361 g/mol. The van der Waals surface area contributed by atoms with Crippen LogP contribution in [0.3, 0.4) is 0 Å². The lowest BCUT2D eigenvalue weighted by Crippen LogP contribution is -2.20. The van der Waals surface area contributed by atoms with Gasteiger partial charge in [-0.25, -0.2) is 4.79 Å². The molecule has 25 heavy (non-hydrogen) atoms. The Kier molecular flexibility index (Phi) is 5.23. The van der Waals surface area contributed by atoms with Crippen LogP contribution < -0.4 is 14.8 Å². The number of esters is 1. The van der Waals surface area contributed by atoms with Gasteiger partial charge in [0.05, 0.1) is 0 Å². The van der Waals surface area contributed by atoms with E-state index in [2.05, 4.69) is 12.2 Å². The largest absolute Gasteiger partial charge is 0.454 e. The maximum atomic E-state index is 12.1. The molecule has 0 saturated heterocycles. The van der Waals surface area contributed by atoms with Crippen molar-refractivity contribution >= 4 is 28.9 Å². The smallest absolute Gasteiger partial charge is 0.348 e. The van der Waals surface area contributed by atoms with E-state index >= 15 is 0 Å². The molecule has 2 heterocycles. The summed E-state index contributed by atoms with van der Waals surface area (Å²) in [4.78, 5) is 25.7. The quantitative estimate of drug-likeness (QED) is 0.797. The minimum atomic E-state index is -0.476. The third-order valence-corrected chi connectivity index (χ3v) is 4.80. The number of benzene rings is 1. The van der Waals surface area contributed by atoms with Crippen LogP contribution in [0.15, 0.2) is 24.3 Å². The third kappa shape index (κ3) is 4.11. The summed E-state index contributed by atoms with van der Waals surface area (Å²) < 4.78 is 15.6. The van der Waals surface area contributed by atoms with Gasteiger partial charge >= 0.3 is 5.97 Å². The summed E-state index contributed by atoms with van der Waals surface area (Å²) in [6, 6.07) is 6.93. The highest BCUT2D eigenvalue weighted by molar-refractivity contribution is 7.14. The van der Waals surface area contributed by atoms with Gasteiger partial charge < -0.3 is 19.5 Å². The van der Waals surface area contributed by atoms with Crippen LogP contribution in [-0.2, 0) is 16.0 Å². The van der Waals surface area contributed by atoms with Crippen LogP contribution in [0, 0.1) is 6.92 Å². The van der Waals surface area contributed by atoms with Gasteiger partial charge in [0.1, 0.15) is 4.88 Å². The van der Waals surface area contributed by atoms with Crippen molar-refractivity contribution in [1.82, 2.24) is 0 Å². The van der Waals surface area contributed by atoms with Crippen molar-refractivity contribution in [1.29, 1.82) is 0 Å². The Morgan fingerprint density at radius 3 is 2.84 bits per heavy atom. The second kappa shape index (κ2) is 7.57. The number of hydrogen-bond acceptors (Lipinski definition) is 6. The van der Waals surface area contributed by atoms with E-state index in [1.165, 1.54) is 11.3 Å². The third-order valence-electron chi connectivity index (χ3n) is 3.73. The highest BCUT2D eigenvalue weighted by Crippen LogP contribution is 2.34. The maximum Gasteiger partial charge on any atom is 0.348 e. The number of fused-ring (bicyclic) bond motifs is 1. The highest BCUT2D eigenvalue weighted by atomic mass is 32.1. The zero-order valence-electron chi connectivity index (χ0n) is 14.1. The summed E-state index contributed by atoms with van der Waals surface area (Å²) in [6.45, 7) is 3.91. The first-order chi connectivity index (χ1) is 12.1. The van der Waals surface area contributed by atoms with E-state index < -0.39 is 11.9 Å². The molecule has 0 atom stereocenters. The Balaban J connectivity index is 1.53. The van der Waals surface area contributed by atoms with Crippen molar-refractivity contribution in [2.45, 2.75) is 26.7 Å². The van der Waals surface area contributed by atoms with Crippen LogP contribution in [0.4, 0.5) is 5.69 Å². The van der Waals surface area contributed by atoms with Crippen LogP contribution in [-0.4, -0.2) is 25.3 Å². The van der Waals surface area contributed by atoms with E-state index in [4.69, 9.17) is 14.2 Å². The molecule has 1 aliphatic heterocycles. The van der Waals surface area contributed by atoms with Crippen molar-refractivity contribution in [3.63, 3.8) is 0 Å². The lowest BCUT2D eigenvalue weighted by atomic mass is 10.1. The summed E-state index contributed by atoms with van der Waals surface area (Å²) in [6.07, 6.45) is 1.95. The van der Waals surface area contributed by atoms with Gasteiger partial charge in [-0.15, -0.1) is 11.3 Å². The fraction of sp³-hybridized carbons (Fsp3) is 0.333. The maximum absolute atomic E-state index is 12.1. The van der Waals surface area contributed by atoms with Gasteiger partial charge in [-0.2, -0.15) is 0 Å². The molecule has 1 aromatic carbocycles. The molecule has 0 fully saturated rings. The lowest BCUT2D eigenvalue weighted by Gasteiger charge is -2.06. The number of aryl methyl sites for hydroxylation is 2. The van der Waals surface area contributed by atoms with Crippen LogP contribution in [0.5, 0.6) is 11.5 Å². The average Bonchev–Trinajstić information content (AvgIpc) is 3.19. The van der Waals surface area contributed by atoms with E-state index in [0.717, 1.165) is 23.3 Å². The first-order valence-corrected chi connectivity index (χ1v) is 8.84. The first-order valence-electron chi connectivity index (χ1n) is 8.02. The number of ether oxygens (including phenoxy) is 3. The molecule has 132 valence electrons.